The molecule has 3 aliphatic heterocycles. The van der Waals surface area contributed by atoms with Gasteiger partial charge >= 0.3 is 0 Å². The van der Waals surface area contributed by atoms with Crippen LogP contribution in [0.25, 0.3) is 0 Å². The highest BCUT2D eigenvalue weighted by atomic mass is 16.2. The van der Waals surface area contributed by atoms with Crippen LogP contribution in [0.15, 0.2) is 24.3 Å². The van der Waals surface area contributed by atoms with E-state index in [1.54, 1.807) is 6.92 Å². The van der Waals surface area contributed by atoms with E-state index < -0.39 is 0 Å². The van der Waals surface area contributed by atoms with E-state index in [0.717, 1.165) is 77.3 Å². The smallest absolute Gasteiger partial charge is 0.219 e. The van der Waals surface area contributed by atoms with Gasteiger partial charge in [-0.3, -0.25) is 4.79 Å². The number of benzene rings is 1. The number of carbonyl (C=O) groups is 1. The number of anilines is 3. The van der Waals surface area contributed by atoms with Crippen LogP contribution in [-0.4, -0.2) is 73.0 Å². The zero-order valence-electron chi connectivity index (χ0n) is 22.5. The lowest BCUT2D eigenvalue weighted by molar-refractivity contribution is -0.129. The highest BCUT2D eigenvalue weighted by molar-refractivity contribution is 5.73. The van der Waals surface area contributed by atoms with Crippen LogP contribution in [0.2, 0.25) is 0 Å². The number of carbonyl (C=O) groups excluding carboxylic acids is 1. The summed E-state index contributed by atoms with van der Waals surface area (Å²) in [6.07, 6.45) is 4.00. The molecule has 3 aliphatic rings. The van der Waals surface area contributed by atoms with Gasteiger partial charge in [0, 0.05) is 76.1 Å². The van der Waals surface area contributed by atoms with Crippen LogP contribution in [0.5, 0.6) is 0 Å². The third kappa shape index (κ3) is 4.90. The van der Waals surface area contributed by atoms with Crippen molar-refractivity contribution in [2.75, 3.05) is 61.8 Å². The van der Waals surface area contributed by atoms with Crippen molar-refractivity contribution in [1.82, 2.24) is 14.8 Å². The summed E-state index contributed by atoms with van der Waals surface area (Å²) in [5, 5.41) is 0. The molecular formula is C29H42N6O. The summed E-state index contributed by atoms with van der Waals surface area (Å²) in [5.41, 5.74) is 13.3. The number of fused-ring (bicyclic) bond motifs is 1. The van der Waals surface area contributed by atoms with Gasteiger partial charge in [-0.2, -0.15) is 0 Å². The zero-order chi connectivity index (χ0) is 25.4. The van der Waals surface area contributed by atoms with Gasteiger partial charge in [-0.1, -0.05) is 25.1 Å². The van der Waals surface area contributed by atoms with Crippen LogP contribution in [-0.2, 0) is 24.2 Å². The van der Waals surface area contributed by atoms with E-state index in [1.165, 1.54) is 27.9 Å². The van der Waals surface area contributed by atoms with E-state index in [-0.39, 0.29) is 5.91 Å². The molecule has 7 heteroatoms. The zero-order valence-corrected chi connectivity index (χ0v) is 22.5. The molecule has 7 nitrogen and oxygen atoms in total. The molecule has 2 N–H and O–H groups in total. The lowest BCUT2D eigenvalue weighted by Gasteiger charge is -2.39. The number of rotatable bonds is 4. The van der Waals surface area contributed by atoms with Gasteiger partial charge in [0.05, 0.1) is 0 Å². The number of aromatic nitrogens is 1. The first-order valence-corrected chi connectivity index (χ1v) is 13.7. The Morgan fingerprint density at radius 2 is 1.78 bits per heavy atom. The maximum absolute atomic E-state index is 11.7. The third-order valence-electron chi connectivity index (χ3n) is 8.64. The third-order valence-corrected chi connectivity index (χ3v) is 8.64. The maximum atomic E-state index is 11.7. The summed E-state index contributed by atoms with van der Waals surface area (Å²) in [6, 6.07) is 9.75. The first-order chi connectivity index (χ1) is 17.3. The number of amides is 1. The van der Waals surface area contributed by atoms with Crippen molar-refractivity contribution in [3.8, 4) is 0 Å². The molecule has 5 rings (SSSR count). The quantitative estimate of drug-likeness (QED) is 0.706. The Balaban J connectivity index is 1.39. The number of hydrogen-bond donors (Lipinski definition) is 1. The predicted octanol–water partition coefficient (Wildman–Crippen LogP) is 3.66. The van der Waals surface area contributed by atoms with Crippen LogP contribution < -0.4 is 15.5 Å². The minimum absolute atomic E-state index is 0.195. The lowest BCUT2D eigenvalue weighted by Crippen LogP contribution is -2.45. The normalized spacial score (nSPS) is 21.6. The molecule has 194 valence electrons. The summed E-state index contributed by atoms with van der Waals surface area (Å²) < 4.78 is 0. The number of likely N-dealkylation sites (tertiary alicyclic amines) is 1. The largest absolute Gasteiger partial charge is 0.383 e. The molecule has 2 saturated heterocycles. The number of pyridine rings is 1. The van der Waals surface area contributed by atoms with Gasteiger partial charge in [-0.05, 0) is 62.3 Å². The van der Waals surface area contributed by atoms with Crippen LogP contribution >= 0.6 is 0 Å². The van der Waals surface area contributed by atoms with Crippen molar-refractivity contribution >= 4 is 23.2 Å². The van der Waals surface area contributed by atoms with Crippen molar-refractivity contribution in [3.05, 3.63) is 46.5 Å². The van der Waals surface area contributed by atoms with Gasteiger partial charge in [0.25, 0.3) is 0 Å². The van der Waals surface area contributed by atoms with E-state index in [4.69, 9.17) is 10.7 Å². The number of likely N-dealkylation sites (N-methyl/N-ethyl adjacent to an activating group) is 1. The molecule has 0 bridgehead atoms. The molecule has 0 radical (unpaired) electrons. The van der Waals surface area contributed by atoms with Crippen molar-refractivity contribution in [1.29, 1.82) is 0 Å². The summed E-state index contributed by atoms with van der Waals surface area (Å²) in [6.45, 7) is 12.9. The SMILES string of the molecule is CCc1c(N2CCN(C)CC2)cc(N2Cc3cc(C4CCN(C(C)=O)CC4)ccc3CC2C)nc1N. The van der Waals surface area contributed by atoms with Crippen LogP contribution in [0.1, 0.15) is 61.8 Å². The second-order valence-corrected chi connectivity index (χ2v) is 11.0. The molecule has 1 aromatic heterocycles. The molecule has 1 atom stereocenters. The molecular weight excluding hydrogens is 448 g/mol. The van der Waals surface area contributed by atoms with E-state index >= 15 is 0 Å². The average Bonchev–Trinajstić information content (AvgIpc) is 2.88. The fraction of sp³-hybridized carbons (Fsp3) is 0.586. The Bertz CT molecular complexity index is 1100. The minimum atomic E-state index is 0.195. The van der Waals surface area contributed by atoms with E-state index in [9.17, 15) is 4.79 Å². The van der Waals surface area contributed by atoms with E-state index in [0.29, 0.717) is 17.8 Å². The summed E-state index contributed by atoms with van der Waals surface area (Å²) in [7, 11) is 2.19. The highest BCUT2D eigenvalue weighted by Crippen LogP contribution is 2.36. The molecule has 2 aromatic rings. The van der Waals surface area contributed by atoms with Gasteiger partial charge in [0.15, 0.2) is 0 Å². The van der Waals surface area contributed by atoms with Crippen LogP contribution in [0, 0.1) is 0 Å². The molecule has 0 spiro atoms. The monoisotopic (exact) mass is 490 g/mol. The molecule has 0 aliphatic carbocycles. The standard InChI is InChI=1S/C29H42N6O/c1-5-26-27(34-14-12-32(4)13-15-34)18-28(31-29(26)30)35-19-25-17-24(7-6-23(25)16-20(35)2)22-8-10-33(11-9-22)21(3)36/h6-7,17-18,20,22H,5,8-16,19H2,1-4H3,(H2,30,31). The molecule has 1 amide bonds. The Kier molecular flexibility index (Phi) is 7.11. The minimum Gasteiger partial charge on any atom is -0.383 e. The van der Waals surface area contributed by atoms with Gasteiger partial charge < -0.3 is 25.3 Å². The summed E-state index contributed by atoms with van der Waals surface area (Å²) >= 11 is 0. The van der Waals surface area contributed by atoms with Crippen molar-refractivity contribution in [2.45, 2.75) is 65.0 Å². The molecule has 2 fully saturated rings. The fourth-order valence-corrected chi connectivity index (χ4v) is 6.25. The van der Waals surface area contributed by atoms with Crippen LogP contribution in [0.3, 0.4) is 0 Å². The van der Waals surface area contributed by atoms with Gasteiger partial charge in [0.2, 0.25) is 5.91 Å². The summed E-state index contributed by atoms with van der Waals surface area (Å²) in [5.74, 6) is 2.39. The Labute approximate surface area is 216 Å². The predicted molar refractivity (Wildman–Crippen MR) is 148 cm³/mol. The molecule has 0 saturated carbocycles. The lowest BCUT2D eigenvalue weighted by atomic mass is 9.85. The van der Waals surface area contributed by atoms with Crippen molar-refractivity contribution in [3.63, 3.8) is 0 Å². The van der Waals surface area contributed by atoms with Gasteiger partial charge in [-0.15, -0.1) is 0 Å². The first kappa shape index (κ1) is 24.9. The van der Waals surface area contributed by atoms with E-state index in [2.05, 4.69) is 59.9 Å². The number of nitrogen functional groups attached to an aromatic ring is 1. The number of hydrogen-bond acceptors (Lipinski definition) is 6. The second kappa shape index (κ2) is 10.3. The first-order valence-electron chi connectivity index (χ1n) is 13.7. The Morgan fingerprint density at radius 3 is 2.44 bits per heavy atom. The molecule has 1 unspecified atom stereocenters. The summed E-state index contributed by atoms with van der Waals surface area (Å²) in [4.78, 5) is 26.0. The average molecular weight is 491 g/mol. The number of nitrogens with zero attached hydrogens (tertiary/aromatic N) is 5. The van der Waals surface area contributed by atoms with Gasteiger partial charge in [-0.25, -0.2) is 4.98 Å². The number of piperazine rings is 1. The topological polar surface area (TPSA) is 68.9 Å². The maximum Gasteiger partial charge on any atom is 0.219 e. The molecule has 1 aromatic carbocycles. The Morgan fingerprint density at radius 1 is 1.06 bits per heavy atom. The fourth-order valence-electron chi connectivity index (χ4n) is 6.25. The highest BCUT2D eigenvalue weighted by Gasteiger charge is 2.28. The Hall–Kier alpha value is -2.80. The van der Waals surface area contributed by atoms with Crippen LogP contribution in [0.4, 0.5) is 17.3 Å². The van der Waals surface area contributed by atoms with E-state index in [1.807, 2.05) is 4.90 Å². The molecule has 4 heterocycles. The number of nitrogens with two attached hydrogens (primary N) is 1. The number of piperidine rings is 1. The van der Waals surface area contributed by atoms with Crippen molar-refractivity contribution < 1.29 is 4.79 Å². The second-order valence-electron chi connectivity index (χ2n) is 11.0. The van der Waals surface area contributed by atoms with Crippen molar-refractivity contribution in [2.24, 2.45) is 0 Å². The van der Waals surface area contributed by atoms with Gasteiger partial charge in [0.1, 0.15) is 11.6 Å². The molecule has 36 heavy (non-hydrogen) atoms.